The lowest BCUT2D eigenvalue weighted by atomic mass is 9.90. The first-order valence-corrected chi connectivity index (χ1v) is 6.10. The number of nitrogens with zero attached hydrogens (tertiary/aromatic N) is 1. The molecule has 1 aromatic rings. The van der Waals surface area contributed by atoms with Gasteiger partial charge >= 0.3 is 0 Å². The van der Waals surface area contributed by atoms with Crippen molar-refractivity contribution in [2.45, 2.75) is 34.1 Å². The second-order valence-corrected chi connectivity index (χ2v) is 5.57. The largest absolute Gasteiger partial charge is 0.369 e. The summed E-state index contributed by atoms with van der Waals surface area (Å²) in [6.45, 7) is 9.69. The number of halogens is 1. The predicted octanol–water partition coefficient (Wildman–Crippen LogP) is 4.00. The zero-order chi connectivity index (χ0) is 11.5. The van der Waals surface area contributed by atoms with Crippen molar-refractivity contribution in [2.75, 3.05) is 11.9 Å². The molecule has 1 heterocycles. The minimum absolute atomic E-state index is 0.312. The summed E-state index contributed by atoms with van der Waals surface area (Å²) < 4.78 is 1.04. The summed E-state index contributed by atoms with van der Waals surface area (Å²) in [5.41, 5.74) is 1.48. The molecule has 0 aliphatic heterocycles. The van der Waals surface area contributed by atoms with Gasteiger partial charge in [-0.05, 0) is 46.3 Å². The second-order valence-electron chi connectivity index (χ2n) is 4.71. The number of hydrogen-bond acceptors (Lipinski definition) is 2. The Morgan fingerprint density at radius 2 is 2.13 bits per heavy atom. The summed E-state index contributed by atoms with van der Waals surface area (Å²) in [5, 5.41) is 3.37. The maximum Gasteiger partial charge on any atom is 0.140 e. The topological polar surface area (TPSA) is 24.9 Å². The third kappa shape index (κ3) is 3.82. The van der Waals surface area contributed by atoms with Crippen LogP contribution in [-0.2, 0) is 0 Å². The first-order chi connectivity index (χ1) is 6.94. The molecule has 0 bridgehead atoms. The lowest BCUT2D eigenvalue weighted by Crippen LogP contribution is -2.22. The average molecular weight is 271 g/mol. The van der Waals surface area contributed by atoms with Crippen LogP contribution in [0.25, 0.3) is 0 Å². The van der Waals surface area contributed by atoms with E-state index < -0.39 is 0 Å². The van der Waals surface area contributed by atoms with Gasteiger partial charge < -0.3 is 5.32 Å². The molecule has 3 heteroatoms. The fourth-order valence-corrected chi connectivity index (χ4v) is 1.72. The highest BCUT2D eigenvalue weighted by Crippen LogP contribution is 2.24. The minimum atomic E-state index is 0.312. The Bertz CT molecular complexity index is 334. The lowest BCUT2D eigenvalue weighted by Gasteiger charge is -2.23. The molecule has 0 aliphatic carbocycles. The second kappa shape index (κ2) is 4.97. The Hall–Kier alpha value is -0.570. The Labute approximate surface area is 101 Å². The van der Waals surface area contributed by atoms with E-state index >= 15 is 0 Å². The molecule has 1 aromatic heterocycles. The molecule has 0 saturated carbocycles. The Balaban J connectivity index is 2.66. The molecule has 0 radical (unpaired) electrons. The zero-order valence-corrected chi connectivity index (χ0v) is 11.5. The van der Waals surface area contributed by atoms with Gasteiger partial charge in [0, 0.05) is 12.7 Å². The highest BCUT2D eigenvalue weighted by molar-refractivity contribution is 9.10. The molecule has 1 N–H and O–H groups in total. The molecule has 2 nitrogen and oxygen atoms in total. The van der Waals surface area contributed by atoms with E-state index in [2.05, 4.69) is 53.1 Å². The van der Waals surface area contributed by atoms with Crippen molar-refractivity contribution in [1.29, 1.82) is 0 Å². The van der Waals surface area contributed by atoms with Gasteiger partial charge in [0.25, 0.3) is 0 Å². The van der Waals surface area contributed by atoms with Crippen molar-refractivity contribution >= 4 is 21.7 Å². The Morgan fingerprint density at radius 3 is 2.67 bits per heavy atom. The molecule has 0 saturated heterocycles. The van der Waals surface area contributed by atoms with Gasteiger partial charge in [-0.2, -0.15) is 0 Å². The van der Waals surface area contributed by atoms with Gasteiger partial charge in [0.2, 0.25) is 0 Å². The third-order valence-electron chi connectivity index (χ3n) is 2.67. The van der Waals surface area contributed by atoms with Crippen LogP contribution in [0.4, 0.5) is 5.82 Å². The highest BCUT2D eigenvalue weighted by Gasteiger charge is 2.15. The highest BCUT2D eigenvalue weighted by atomic mass is 79.9. The maximum atomic E-state index is 4.36. The first-order valence-electron chi connectivity index (χ1n) is 5.30. The molecule has 0 spiro atoms. The van der Waals surface area contributed by atoms with Crippen LogP contribution in [0.15, 0.2) is 16.7 Å². The van der Waals surface area contributed by atoms with E-state index in [1.165, 1.54) is 5.56 Å². The van der Waals surface area contributed by atoms with Crippen LogP contribution >= 0.6 is 15.9 Å². The van der Waals surface area contributed by atoms with Gasteiger partial charge in [0.05, 0.1) is 4.47 Å². The summed E-state index contributed by atoms with van der Waals surface area (Å²) in [6.07, 6.45) is 3.04. The summed E-state index contributed by atoms with van der Waals surface area (Å²) in [6, 6.07) is 2.08. The van der Waals surface area contributed by atoms with E-state index in [1.54, 1.807) is 0 Å². The zero-order valence-electron chi connectivity index (χ0n) is 9.89. The van der Waals surface area contributed by atoms with Crippen molar-refractivity contribution < 1.29 is 0 Å². The molecular formula is C12H19BrN2. The summed E-state index contributed by atoms with van der Waals surface area (Å²) in [5.74, 6) is 0.933. The van der Waals surface area contributed by atoms with Crippen LogP contribution in [0.3, 0.4) is 0 Å². The third-order valence-corrected chi connectivity index (χ3v) is 3.27. The standard InChI is InChI=1S/C12H19BrN2/c1-5-12(3,4)8-15-11-10(13)6-9(2)7-14-11/h6-7H,5,8H2,1-4H3,(H,14,15). The smallest absolute Gasteiger partial charge is 0.140 e. The lowest BCUT2D eigenvalue weighted by molar-refractivity contribution is 0.376. The van der Waals surface area contributed by atoms with E-state index in [4.69, 9.17) is 0 Å². The normalized spacial score (nSPS) is 11.5. The molecule has 15 heavy (non-hydrogen) atoms. The molecular weight excluding hydrogens is 252 g/mol. The molecule has 0 amide bonds. The van der Waals surface area contributed by atoms with Gasteiger partial charge in [-0.3, -0.25) is 0 Å². The monoisotopic (exact) mass is 270 g/mol. The van der Waals surface area contributed by atoms with Crippen molar-refractivity contribution in [1.82, 2.24) is 4.98 Å². The van der Waals surface area contributed by atoms with Crippen molar-refractivity contribution in [3.8, 4) is 0 Å². The van der Waals surface area contributed by atoms with Crippen LogP contribution in [-0.4, -0.2) is 11.5 Å². The number of hydrogen-bond donors (Lipinski definition) is 1. The van der Waals surface area contributed by atoms with Gasteiger partial charge in [-0.25, -0.2) is 4.98 Å². The van der Waals surface area contributed by atoms with Crippen molar-refractivity contribution in [2.24, 2.45) is 5.41 Å². The molecule has 0 atom stereocenters. The number of nitrogens with one attached hydrogen (secondary N) is 1. The number of aromatic nitrogens is 1. The van der Waals surface area contributed by atoms with Crippen molar-refractivity contribution in [3.63, 3.8) is 0 Å². The maximum absolute atomic E-state index is 4.36. The van der Waals surface area contributed by atoms with E-state index in [0.29, 0.717) is 5.41 Å². The molecule has 0 fully saturated rings. The number of pyridine rings is 1. The molecule has 84 valence electrons. The summed E-state index contributed by atoms with van der Waals surface area (Å²) in [4.78, 5) is 4.36. The fourth-order valence-electron chi connectivity index (χ4n) is 1.11. The van der Waals surface area contributed by atoms with Crippen LogP contribution < -0.4 is 5.32 Å². The van der Waals surface area contributed by atoms with Crippen LogP contribution in [0.1, 0.15) is 32.8 Å². The van der Waals surface area contributed by atoms with E-state index in [-0.39, 0.29) is 0 Å². The minimum Gasteiger partial charge on any atom is -0.369 e. The number of aryl methyl sites for hydroxylation is 1. The van der Waals surface area contributed by atoms with Gasteiger partial charge in [0.15, 0.2) is 0 Å². The van der Waals surface area contributed by atoms with Crippen LogP contribution in [0.5, 0.6) is 0 Å². The summed E-state index contributed by atoms with van der Waals surface area (Å²) in [7, 11) is 0. The van der Waals surface area contributed by atoms with Crippen LogP contribution in [0.2, 0.25) is 0 Å². The van der Waals surface area contributed by atoms with Gasteiger partial charge in [0.1, 0.15) is 5.82 Å². The van der Waals surface area contributed by atoms with E-state index in [1.807, 2.05) is 13.1 Å². The predicted molar refractivity (Wildman–Crippen MR) is 69.2 cm³/mol. The van der Waals surface area contributed by atoms with Crippen LogP contribution in [0, 0.1) is 12.3 Å². The summed E-state index contributed by atoms with van der Waals surface area (Å²) >= 11 is 3.51. The molecule has 1 rings (SSSR count). The molecule has 0 aromatic carbocycles. The molecule has 0 aliphatic rings. The quantitative estimate of drug-likeness (QED) is 0.895. The van der Waals surface area contributed by atoms with Gasteiger partial charge in [-0.1, -0.05) is 20.8 Å². The first kappa shape index (κ1) is 12.5. The Morgan fingerprint density at radius 1 is 1.47 bits per heavy atom. The van der Waals surface area contributed by atoms with E-state index in [0.717, 1.165) is 23.3 Å². The van der Waals surface area contributed by atoms with Crippen molar-refractivity contribution in [3.05, 3.63) is 22.3 Å². The fraction of sp³-hybridized carbons (Fsp3) is 0.583. The van der Waals surface area contributed by atoms with E-state index in [9.17, 15) is 0 Å². The average Bonchev–Trinajstić information content (AvgIpc) is 2.16. The Kier molecular flexibility index (Phi) is 4.14. The number of rotatable bonds is 4. The number of anilines is 1. The SMILES string of the molecule is CCC(C)(C)CNc1ncc(C)cc1Br. The molecule has 0 unspecified atom stereocenters. The van der Waals surface area contributed by atoms with Gasteiger partial charge in [-0.15, -0.1) is 0 Å².